The predicted octanol–water partition coefficient (Wildman–Crippen LogP) is 7.83. The third-order valence-corrected chi connectivity index (χ3v) is 11.6. The maximum atomic E-state index is 6.34. The highest BCUT2D eigenvalue weighted by atomic mass is 28.4. The van der Waals surface area contributed by atoms with Crippen molar-refractivity contribution >= 4 is 8.32 Å². The van der Waals surface area contributed by atoms with Crippen molar-refractivity contribution in [1.29, 1.82) is 0 Å². The molecule has 1 saturated carbocycles. The van der Waals surface area contributed by atoms with Gasteiger partial charge in [0.25, 0.3) is 0 Å². The zero-order chi connectivity index (χ0) is 21.9. The fourth-order valence-electron chi connectivity index (χ4n) is 4.12. The molecule has 1 unspecified atom stereocenters. The first kappa shape index (κ1) is 23.8. The molecule has 29 heavy (non-hydrogen) atoms. The van der Waals surface area contributed by atoms with Crippen LogP contribution in [0.3, 0.4) is 0 Å². The Labute approximate surface area is 180 Å². The molecular formula is C26H42O2Si. The van der Waals surface area contributed by atoms with Gasteiger partial charge in [-0.1, -0.05) is 84.9 Å². The summed E-state index contributed by atoms with van der Waals surface area (Å²) in [5, 5.41) is 0.161. The molecule has 1 fully saturated rings. The normalized spacial score (nSPS) is 23.8. The standard InChI is InChI=1S/C26H42O2Si/c1-20-15-16-23(26(6,7)22-13-11-10-12-14-22)24(19-20)27-18-17-21(2)28-29(8,9)25(3,4)5/h10-14,17-18,20,23-24H,2,15-16,19H2,1,3-9H3/t20-,23-,24?/m1/s1. The Balaban J connectivity index is 2.08. The molecule has 0 spiro atoms. The van der Waals surface area contributed by atoms with E-state index in [1.165, 1.54) is 18.4 Å². The summed E-state index contributed by atoms with van der Waals surface area (Å²) in [6, 6.07) is 10.9. The number of hydrogen-bond acceptors (Lipinski definition) is 2. The smallest absolute Gasteiger partial charge is 0.250 e. The van der Waals surface area contributed by atoms with E-state index in [1.54, 1.807) is 0 Å². The lowest BCUT2D eigenvalue weighted by atomic mass is 9.64. The number of ether oxygens (including phenoxy) is 1. The molecule has 0 bridgehead atoms. The molecule has 2 rings (SSSR count). The zero-order valence-electron chi connectivity index (χ0n) is 19.9. The molecule has 3 heteroatoms. The Bertz CT molecular complexity index is 697. The predicted molar refractivity (Wildman–Crippen MR) is 127 cm³/mol. The molecule has 3 atom stereocenters. The minimum atomic E-state index is -1.86. The third kappa shape index (κ3) is 6.01. The third-order valence-electron chi connectivity index (χ3n) is 7.20. The van der Waals surface area contributed by atoms with E-state index in [0.717, 1.165) is 6.42 Å². The molecule has 1 aliphatic rings. The second-order valence-electron chi connectivity index (χ2n) is 10.9. The topological polar surface area (TPSA) is 18.5 Å². The Morgan fingerprint density at radius 3 is 2.28 bits per heavy atom. The first-order chi connectivity index (χ1) is 13.3. The monoisotopic (exact) mass is 414 g/mol. The van der Waals surface area contributed by atoms with Gasteiger partial charge in [0.2, 0.25) is 8.32 Å². The minimum Gasteiger partial charge on any atom is -0.544 e. The van der Waals surface area contributed by atoms with Crippen molar-refractivity contribution in [3.63, 3.8) is 0 Å². The average molecular weight is 415 g/mol. The van der Waals surface area contributed by atoms with Crippen molar-refractivity contribution in [3.8, 4) is 0 Å². The summed E-state index contributed by atoms with van der Waals surface area (Å²) in [4.78, 5) is 0. The summed E-state index contributed by atoms with van der Waals surface area (Å²) in [6.07, 6.45) is 7.51. The van der Waals surface area contributed by atoms with E-state index < -0.39 is 8.32 Å². The van der Waals surface area contributed by atoms with Crippen LogP contribution in [0.2, 0.25) is 18.1 Å². The lowest BCUT2D eigenvalue weighted by Crippen LogP contribution is -2.42. The number of rotatable bonds is 7. The maximum Gasteiger partial charge on any atom is 0.250 e. The number of benzene rings is 1. The highest BCUT2D eigenvalue weighted by Crippen LogP contribution is 2.43. The molecule has 0 heterocycles. The van der Waals surface area contributed by atoms with Gasteiger partial charge in [-0.25, -0.2) is 0 Å². The second kappa shape index (κ2) is 9.12. The maximum absolute atomic E-state index is 6.34. The molecule has 2 nitrogen and oxygen atoms in total. The van der Waals surface area contributed by atoms with Gasteiger partial charge >= 0.3 is 0 Å². The number of allylic oxidation sites excluding steroid dienone is 1. The Morgan fingerprint density at radius 1 is 1.07 bits per heavy atom. The van der Waals surface area contributed by atoms with Crippen LogP contribution in [0.1, 0.15) is 66.4 Å². The summed E-state index contributed by atoms with van der Waals surface area (Å²) in [6.45, 7) is 22.4. The van der Waals surface area contributed by atoms with Gasteiger partial charge in [0.05, 0.1) is 12.0 Å². The Morgan fingerprint density at radius 2 is 1.69 bits per heavy atom. The Kier molecular flexibility index (Phi) is 7.48. The second-order valence-corrected chi connectivity index (χ2v) is 15.6. The van der Waals surface area contributed by atoms with Gasteiger partial charge in [0, 0.05) is 12.0 Å². The molecule has 0 N–H and O–H groups in total. The van der Waals surface area contributed by atoms with E-state index in [4.69, 9.17) is 9.16 Å². The fourth-order valence-corrected chi connectivity index (χ4v) is 5.15. The highest BCUT2D eigenvalue weighted by Gasteiger charge is 2.41. The molecule has 1 aromatic carbocycles. The van der Waals surface area contributed by atoms with E-state index in [-0.39, 0.29) is 16.6 Å². The first-order valence-electron chi connectivity index (χ1n) is 11.1. The molecule has 0 aromatic heterocycles. The van der Waals surface area contributed by atoms with E-state index in [9.17, 15) is 0 Å². The molecule has 162 valence electrons. The van der Waals surface area contributed by atoms with Crippen molar-refractivity contribution in [3.05, 3.63) is 60.6 Å². The van der Waals surface area contributed by atoms with Gasteiger partial charge in [-0.2, -0.15) is 0 Å². The van der Waals surface area contributed by atoms with Gasteiger partial charge in [-0.15, -0.1) is 0 Å². The van der Waals surface area contributed by atoms with Gasteiger partial charge in [0.15, 0.2) is 0 Å². The van der Waals surface area contributed by atoms with Crippen LogP contribution in [0.5, 0.6) is 0 Å². The molecule has 0 aliphatic heterocycles. The van der Waals surface area contributed by atoms with E-state index in [0.29, 0.717) is 17.6 Å². The van der Waals surface area contributed by atoms with Crippen LogP contribution in [0.4, 0.5) is 0 Å². The van der Waals surface area contributed by atoms with Crippen LogP contribution >= 0.6 is 0 Å². The van der Waals surface area contributed by atoms with Crippen molar-refractivity contribution < 1.29 is 9.16 Å². The molecular weight excluding hydrogens is 372 g/mol. The summed E-state index contributed by atoms with van der Waals surface area (Å²) in [5.41, 5.74) is 1.47. The van der Waals surface area contributed by atoms with Crippen LogP contribution in [-0.4, -0.2) is 14.4 Å². The van der Waals surface area contributed by atoms with E-state index in [2.05, 4.69) is 91.5 Å². The molecule has 0 amide bonds. The van der Waals surface area contributed by atoms with Gasteiger partial charge in [-0.05, 0) is 47.9 Å². The SMILES string of the molecule is C=C(C=COC1C[C@H](C)CC[C@H]1C(C)(C)c1ccccc1)O[Si](C)(C)C(C)(C)C. The minimum absolute atomic E-state index is 0.0779. The van der Waals surface area contributed by atoms with E-state index in [1.807, 2.05) is 12.3 Å². The highest BCUT2D eigenvalue weighted by molar-refractivity contribution is 6.74. The summed E-state index contributed by atoms with van der Waals surface area (Å²) >= 11 is 0. The van der Waals surface area contributed by atoms with Crippen LogP contribution in [0, 0.1) is 11.8 Å². The Hall–Kier alpha value is -1.48. The fraction of sp³-hybridized carbons (Fsp3) is 0.615. The van der Waals surface area contributed by atoms with Crippen LogP contribution in [0.25, 0.3) is 0 Å². The summed E-state index contributed by atoms with van der Waals surface area (Å²) in [7, 11) is -1.86. The van der Waals surface area contributed by atoms with Crippen molar-refractivity contribution in [1.82, 2.24) is 0 Å². The van der Waals surface area contributed by atoms with Crippen LogP contribution in [-0.2, 0) is 14.6 Å². The largest absolute Gasteiger partial charge is 0.544 e. The first-order valence-corrected chi connectivity index (χ1v) is 14.0. The van der Waals surface area contributed by atoms with Crippen LogP contribution in [0.15, 0.2) is 55.0 Å². The van der Waals surface area contributed by atoms with Crippen molar-refractivity contribution in [2.24, 2.45) is 11.8 Å². The van der Waals surface area contributed by atoms with Crippen molar-refractivity contribution in [2.75, 3.05) is 0 Å². The molecule has 0 saturated heterocycles. The lowest BCUT2D eigenvalue weighted by Gasteiger charge is -2.44. The lowest BCUT2D eigenvalue weighted by molar-refractivity contribution is 0.00236. The van der Waals surface area contributed by atoms with Gasteiger partial charge in [0.1, 0.15) is 6.10 Å². The van der Waals surface area contributed by atoms with E-state index >= 15 is 0 Å². The van der Waals surface area contributed by atoms with Gasteiger partial charge < -0.3 is 9.16 Å². The number of hydrogen-bond donors (Lipinski definition) is 0. The zero-order valence-corrected chi connectivity index (χ0v) is 20.9. The quantitative estimate of drug-likeness (QED) is 0.257. The summed E-state index contributed by atoms with van der Waals surface area (Å²) < 4.78 is 12.6. The molecule has 1 aliphatic carbocycles. The molecule has 0 radical (unpaired) electrons. The summed E-state index contributed by atoms with van der Waals surface area (Å²) in [5.74, 6) is 1.89. The van der Waals surface area contributed by atoms with Crippen LogP contribution < -0.4 is 0 Å². The van der Waals surface area contributed by atoms with Gasteiger partial charge in [-0.3, -0.25) is 0 Å². The molecule has 1 aromatic rings. The van der Waals surface area contributed by atoms with Crippen molar-refractivity contribution in [2.45, 2.75) is 90.5 Å². The average Bonchev–Trinajstić information content (AvgIpc) is 2.61.